The maximum absolute atomic E-state index is 12.9. The predicted octanol–water partition coefficient (Wildman–Crippen LogP) is 3.49. The Kier molecular flexibility index (Phi) is 6.62. The third-order valence-corrected chi connectivity index (χ3v) is 4.89. The standard InChI is InChI=1S/C18H23ClF3N3O2/c1-11(2)16(17(27)25-8-6-24(7-9-25)12(3)26)23-15-5-4-13(10-14(15)19)18(20,21)22/h4-5,10-11,16,23H,6-9H2,1-3H3/t16-/m0/s1. The zero-order valence-electron chi connectivity index (χ0n) is 15.4. The molecule has 2 rings (SSSR count). The number of carbonyl (C=O) groups excluding carboxylic acids is 2. The maximum atomic E-state index is 12.9. The minimum absolute atomic E-state index is 0.0304. The van der Waals surface area contributed by atoms with Crippen LogP contribution in [0.4, 0.5) is 18.9 Å². The van der Waals surface area contributed by atoms with Crippen molar-refractivity contribution in [2.24, 2.45) is 5.92 Å². The van der Waals surface area contributed by atoms with Crippen molar-refractivity contribution in [3.05, 3.63) is 28.8 Å². The van der Waals surface area contributed by atoms with E-state index in [9.17, 15) is 22.8 Å². The van der Waals surface area contributed by atoms with Crippen molar-refractivity contribution in [1.82, 2.24) is 9.80 Å². The smallest absolute Gasteiger partial charge is 0.372 e. The summed E-state index contributed by atoms with van der Waals surface area (Å²) in [6.45, 7) is 6.95. The molecule has 0 radical (unpaired) electrons. The molecule has 0 spiro atoms. The number of hydrogen-bond acceptors (Lipinski definition) is 3. The van der Waals surface area contributed by atoms with Crippen molar-refractivity contribution in [1.29, 1.82) is 0 Å². The summed E-state index contributed by atoms with van der Waals surface area (Å²) >= 11 is 6.00. The van der Waals surface area contributed by atoms with Crippen LogP contribution in [0.1, 0.15) is 26.3 Å². The number of halogens is 4. The van der Waals surface area contributed by atoms with Gasteiger partial charge >= 0.3 is 6.18 Å². The molecule has 0 unspecified atom stereocenters. The lowest BCUT2D eigenvalue weighted by Gasteiger charge is -2.37. The fraction of sp³-hybridized carbons (Fsp3) is 0.556. The zero-order chi connectivity index (χ0) is 20.4. The first-order valence-corrected chi connectivity index (χ1v) is 9.06. The third-order valence-electron chi connectivity index (χ3n) is 4.58. The molecule has 0 saturated carbocycles. The van der Waals surface area contributed by atoms with E-state index in [1.165, 1.54) is 13.0 Å². The Morgan fingerprint density at radius 3 is 2.11 bits per heavy atom. The number of benzene rings is 1. The summed E-state index contributed by atoms with van der Waals surface area (Å²) in [5.74, 6) is -0.303. The molecule has 1 aromatic carbocycles. The van der Waals surface area contributed by atoms with Gasteiger partial charge in [-0.15, -0.1) is 0 Å². The van der Waals surface area contributed by atoms with E-state index in [2.05, 4.69) is 5.32 Å². The molecule has 1 atom stereocenters. The number of carbonyl (C=O) groups is 2. The number of hydrogen-bond donors (Lipinski definition) is 1. The molecule has 1 N–H and O–H groups in total. The highest BCUT2D eigenvalue weighted by Crippen LogP contribution is 2.34. The molecule has 9 heteroatoms. The van der Waals surface area contributed by atoms with E-state index < -0.39 is 17.8 Å². The van der Waals surface area contributed by atoms with Crippen molar-refractivity contribution in [3.63, 3.8) is 0 Å². The Bertz CT molecular complexity index is 702. The van der Waals surface area contributed by atoms with Crippen LogP contribution < -0.4 is 5.32 Å². The molecule has 0 aromatic heterocycles. The van der Waals surface area contributed by atoms with Gasteiger partial charge in [0, 0.05) is 33.1 Å². The van der Waals surface area contributed by atoms with Crippen molar-refractivity contribution in [3.8, 4) is 0 Å². The van der Waals surface area contributed by atoms with Gasteiger partial charge in [-0.1, -0.05) is 25.4 Å². The maximum Gasteiger partial charge on any atom is 0.416 e. The SMILES string of the molecule is CC(=O)N1CCN(C(=O)[C@@H](Nc2ccc(C(F)(F)F)cc2Cl)C(C)C)CC1. The molecule has 2 amide bonds. The van der Waals surface area contributed by atoms with Gasteiger partial charge in [0.1, 0.15) is 6.04 Å². The van der Waals surface area contributed by atoms with Crippen molar-refractivity contribution >= 4 is 29.1 Å². The lowest BCUT2D eigenvalue weighted by atomic mass is 10.0. The summed E-state index contributed by atoms with van der Waals surface area (Å²) in [7, 11) is 0. The van der Waals surface area contributed by atoms with E-state index >= 15 is 0 Å². The zero-order valence-corrected chi connectivity index (χ0v) is 16.2. The molecule has 1 aliphatic heterocycles. The number of rotatable bonds is 4. The average molecular weight is 406 g/mol. The van der Waals surface area contributed by atoms with Gasteiger partial charge in [0.25, 0.3) is 0 Å². The Hall–Kier alpha value is -1.96. The summed E-state index contributed by atoms with van der Waals surface area (Å²) in [6, 6.07) is 2.38. The first kappa shape index (κ1) is 21.3. The molecule has 0 bridgehead atoms. The normalized spacial score (nSPS) is 16.4. The van der Waals surface area contributed by atoms with Gasteiger partial charge in [0.05, 0.1) is 16.3 Å². The van der Waals surface area contributed by atoms with Gasteiger partial charge in [0.2, 0.25) is 11.8 Å². The third kappa shape index (κ3) is 5.28. The number of nitrogens with one attached hydrogen (secondary N) is 1. The lowest BCUT2D eigenvalue weighted by molar-refractivity contribution is -0.139. The molecule has 1 fully saturated rings. The summed E-state index contributed by atoms with van der Waals surface area (Å²) in [6.07, 6.45) is -4.48. The van der Waals surface area contributed by atoms with Crippen LogP contribution in [0.5, 0.6) is 0 Å². The Balaban J connectivity index is 2.12. The van der Waals surface area contributed by atoms with Crippen LogP contribution in [-0.4, -0.2) is 53.8 Å². The molecular weight excluding hydrogens is 383 g/mol. The summed E-state index contributed by atoms with van der Waals surface area (Å²) in [5.41, 5.74) is -0.565. The van der Waals surface area contributed by atoms with Gasteiger partial charge in [-0.25, -0.2) is 0 Å². The van der Waals surface area contributed by atoms with Crippen LogP contribution in [0.3, 0.4) is 0 Å². The van der Waals surface area contributed by atoms with Crippen molar-refractivity contribution in [2.75, 3.05) is 31.5 Å². The molecule has 5 nitrogen and oxygen atoms in total. The average Bonchev–Trinajstić information content (AvgIpc) is 2.59. The van der Waals surface area contributed by atoms with Crippen LogP contribution in [0, 0.1) is 5.92 Å². The minimum Gasteiger partial charge on any atom is -0.372 e. The number of piperazine rings is 1. The van der Waals surface area contributed by atoms with Crippen molar-refractivity contribution < 1.29 is 22.8 Å². The first-order valence-electron chi connectivity index (χ1n) is 8.68. The highest BCUT2D eigenvalue weighted by Gasteiger charge is 2.33. The van der Waals surface area contributed by atoms with Gasteiger partial charge in [0.15, 0.2) is 0 Å². The summed E-state index contributed by atoms with van der Waals surface area (Å²) in [5, 5.41) is 2.89. The summed E-state index contributed by atoms with van der Waals surface area (Å²) in [4.78, 5) is 27.6. The number of anilines is 1. The predicted molar refractivity (Wildman–Crippen MR) is 97.5 cm³/mol. The molecule has 1 heterocycles. The molecule has 150 valence electrons. The molecule has 1 saturated heterocycles. The van der Waals surface area contributed by atoms with Crippen LogP contribution in [0.15, 0.2) is 18.2 Å². The highest BCUT2D eigenvalue weighted by atomic mass is 35.5. The van der Waals surface area contributed by atoms with Crippen LogP contribution in [-0.2, 0) is 15.8 Å². The van der Waals surface area contributed by atoms with Crippen LogP contribution >= 0.6 is 11.6 Å². The number of nitrogens with zero attached hydrogens (tertiary/aromatic N) is 2. The van der Waals surface area contributed by atoms with Gasteiger partial charge in [-0.3, -0.25) is 9.59 Å². The Morgan fingerprint density at radius 1 is 1.11 bits per heavy atom. The van der Waals surface area contributed by atoms with Gasteiger partial charge < -0.3 is 15.1 Å². The molecule has 27 heavy (non-hydrogen) atoms. The quantitative estimate of drug-likeness (QED) is 0.834. The van der Waals surface area contributed by atoms with E-state index in [0.29, 0.717) is 26.2 Å². The second-order valence-corrected chi connectivity index (χ2v) is 7.30. The van der Waals surface area contributed by atoms with E-state index in [1.54, 1.807) is 9.80 Å². The molecule has 1 aliphatic rings. The van der Waals surface area contributed by atoms with Crippen molar-refractivity contribution in [2.45, 2.75) is 33.0 Å². The minimum atomic E-state index is -4.48. The highest BCUT2D eigenvalue weighted by molar-refractivity contribution is 6.33. The van der Waals surface area contributed by atoms with E-state index in [1.807, 2.05) is 13.8 Å². The Morgan fingerprint density at radius 2 is 1.67 bits per heavy atom. The van der Waals surface area contributed by atoms with Gasteiger partial charge in [-0.2, -0.15) is 13.2 Å². The second-order valence-electron chi connectivity index (χ2n) is 6.89. The molecular formula is C18H23ClF3N3O2. The lowest BCUT2D eigenvalue weighted by Crippen LogP contribution is -2.54. The fourth-order valence-electron chi connectivity index (χ4n) is 2.93. The largest absolute Gasteiger partial charge is 0.416 e. The van der Waals surface area contributed by atoms with Crippen LogP contribution in [0.2, 0.25) is 5.02 Å². The number of amides is 2. The van der Waals surface area contributed by atoms with Crippen LogP contribution in [0.25, 0.3) is 0 Å². The fourth-order valence-corrected chi connectivity index (χ4v) is 3.16. The topological polar surface area (TPSA) is 52.7 Å². The molecule has 0 aliphatic carbocycles. The monoisotopic (exact) mass is 405 g/mol. The van der Waals surface area contributed by atoms with E-state index in [4.69, 9.17) is 11.6 Å². The van der Waals surface area contributed by atoms with E-state index in [-0.39, 0.29) is 28.4 Å². The second kappa shape index (κ2) is 8.37. The number of alkyl halides is 3. The molecule has 1 aromatic rings. The van der Waals surface area contributed by atoms with E-state index in [0.717, 1.165) is 12.1 Å². The van der Waals surface area contributed by atoms with Gasteiger partial charge in [-0.05, 0) is 24.1 Å². The first-order chi connectivity index (χ1) is 12.5. The Labute approximate surface area is 161 Å². The summed E-state index contributed by atoms with van der Waals surface area (Å²) < 4.78 is 38.3.